The average Bonchev–Trinajstić information content (AvgIpc) is 3.01. The number of aliphatic hydroxyl groups excluding tert-OH is 1. The molecule has 0 spiro atoms. The minimum Gasteiger partial charge on any atom is -0.507 e. The van der Waals surface area contributed by atoms with Crippen LogP contribution in [0.2, 0.25) is 0 Å². The maximum absolute atomic E-state index is 13.1. The number of ketones is 1. The summed E-state index contributed by atoms with van der Waals surface area (Å²) >= 11 is 0. The van der Waals surface area contributed by atoms with E-state index in [9.17, 15) is 14.7 Å². The van der Waals surface area contributed by atoms with Crippen molar-refractivity contribution in [3.63, 3.8) is 0 Å². The number of benzene rings is 1. The molecule has 2 aromatic rings. The quantitative estimate of drug-likeness (QED) is 0.432. The van der Waals surface area contributed by atoms with Crippen LogP contribution in [0.4, 0.5) is 0 Å². The molecule has 1 aliphatic heterocycles. The molecular weight excluding hydrogens is 378 g/mol. The lowest BCUT2D eigenvalue weighted by atomic mass is 9.94. The summed E-state index contributed by atoms with van der Waals surface area (Å²) in [6.07, 6.45) is 3.30. The van der Waals surface area contributed by atoms with E-state index in [-0.39, 0.29) is 11.3 Å². The first-order chi connectivity index (χ1) is 14.4. The molecule has 0 unspecified atom stereocenters. The van der Waals surface area contributed by atoms with Crippen molar-refractivity contribution in [2.75, 3.05) is 26.2 Å². The third-order valence-electron chi connectivity index (χ3n) is 5.74. The Morgan fingerprint density at radius 2 is 1.90 bits per heavy atom. The number of rotatable bonds is 7. The van der Waals surface area contributed by atoms with E-state index in [0.29, 0.717) is 24.2 Å². The third kappa shape index (κ3) is 4.14. The second-order valence-corrected chi connectivity index (χ2v) is 7.62. The Morgan fingerprint density at radius 1 is 1.17 bits per heavy atom. The van der Waals surface area contributed by atoms with Crippen molar-refractivity contribution < 1.29 is 14.7 Å². The van der Waals surface area contributed by atoms with Crippen molar-refractivity contribution >= 4 is 17.4 Å². The molecule has 1 saturated heterocycles. The van der Waals surface area contributed by atoms with Gasteiger partial charge in [-0.1, -0.05) is 37.6 Å². The topological polar surface area (TPSA) is 73.7 Å². The van der Waals surface area contributed by atoms with E-state index in [2.05, 4.69) is 23.7 Å². The van der Waals surface area contributed by atoms with Gasteiger partial charge in [-0.25, -0.2) is 0 Å². The van der Waals surface area contributed by atoms with E-state index < -0.39 is 17.7 Å². The number of aryl methyl sites for hydroxylation is 2. The van der Waals surface area contributed by atoms with Crippen LogP contribution >= 0.6 is 0 Å². The summed E-state index contributed by atoms with van der Waals surface area (Å²) in [5.74, 6) is -1.36. The van der Waals surface area contributed by atoms with Gasteiger partial charge in [-0.2, -0.15) is 0 Å². The van der Waals surface area contributed by atoms with Crippen LogP contribution in [0, 0.1) is 13.8 Å². The lowest BCUT2D eigenvalue weighted by Gasteiger charge is -2.28. The fourth-order valence-corrected chi connectivity index (χ4v) is 3.92. The van der Waals surface area contributed by atoms with Gasteiger partial charge in [0, 0.05) is 31.0 Å². The first kappa shape index (κ1) is 21.7. The highest BCUT2D eigenvalue weighted by atomic mass is 16.3. The monoisotopic (exact) mass is 407 g/mol. The molecule has 158 valence electrons. The van der Waals surface area contributed by atoms with Crippen molar-refractivity contribution in [3.8, 4) is 0 Å². The zero-order chi connectivity index (χ0) is 21.8. The first-order valence-corrected chi connectivity index (χ1v) is 10.4. The van der Waals surface area contributed by atoms with Crippen LogP contribution in [0.1, 0.15) is 42.1 Å². The minimum atomic E-state index is -0.658. The number of aromatic nitrogens is 1. The van der Waals surface area contributed by atoms with Crippen LogP contribution < -0.4 is 0 Å². The van der Waals surface area contributed by atoms with Crippen LogP contribution in [-0.4, -0.2) is 57.8 Å². The summed E-state index contributed by atoms with van der Waals surface area (Å²) < 4.78 is 0. The number of Topliss-reactive ketones (excluding diaryl/α,β-unsaturated/α-hetero) is 1. The number of hydrogen-bond acceptors (Lipinski definition) is 5. The van der Waals surface area contributed by atoms with Crippen molar-refractivity contribution in [2.24, 2.45) is 0 Å². The summed E-state index contributed by atoms with van der Waals surface area (Å²) in [6.45, 7) is 10.7. The number of likely N-dealkylation sites (tertiary alicyclic amines) is 1. The highest BCUT2D eigenvalue weighted by Gasteiger charge is 2.46. The van der Waals surface area contributed by atoms with E-state index in [1.807, 2.05) is 38.1 Å². The Balaban J connectivity index is 2.12. The number of aliphatic hydroxyl groups is 1. The van der Waals surface area contributed by atoms with E-state index in [0.717, 1.165) is 24.2 Å². The smallest absolute Gasteiger partial charge is 0.295 e. The van der Waals surface area contributed by atoms with Gasteiger partial charge in [-0.15, -0.1) is 0 Å². The molecule has 1 amide bonds. The standard InChI is InChI=1S/C24H29N3O3/c1-5-26(6-2)12-13-27-21(18-8-7-11-25-15-18)20(23(29)24(27)30)22(28)19-14-16(3)9-10-17(19)4/h7-11,14-15,21,28H,5-6,12-13H2,1-4H3/t21-/m0/s1. The molecule has 0 bridgehead atoms. The van der Waals surface area contributed by atoms with Gasteiger partial charge < -0.3 is 14.9 Å². The molecule has 6 nitrogen and oxygen atoms in total. The highest BCUT2D eigenvalue weighted by Crippen LogP contribution is 2.39. The molecule has 1 fully saturated rings. The van der Waals surface area contributed by atoms with Crippen molar-refractivity contribution in [2.45, 2.75) is 33.7 Å². The Morgan fingerprint density at radius 3 is 2.53 bits per heavy atom. The van der Waals surface area contributed by atoms with Crippen LogP contribution in [0.3, 0.4) is 0 Å². The number of amides is 1. The molecule has 0 saturated carbocycles. The lowest BCUT2D eigenvalue weighted by Crippen LogP contribution is -2.38. The molecule has 1 aromatic carbocycles. The number of nitrogens with zero attached hydrogens (tertiary/aromatic N) is 3. The van der Waals surface area contributed by atoms with E-state index >= 15 is 0 Å². The summed E-state index contributed by atoms with van der Waals surface area (Å²) in [7, 11) is 0. The Bertz CT molecular complexity index is 965. The summed E-state index contributed by atoms with van der Waals surface area (Å²) in [4.78, 5) is 34.0. The fraction of sp³-hybridized carbons (Fsp3) is 0.375. The van der Waals surface area contributed by atoms with Crippen LogP contribution in [0.5, 0.6) is 0 Å². The average molecular weight is 408 g/mol. The molecule has 0 radical (unpaired) electrons. The number of likely N-dealkylation sites (N-methyl/N-ethyl adjacent to an activating group) is 1. The molecule has 2 heterocycles. The minimum absolute atomic E-state index is 0.126. The van der Waals surface area contributed by atoms with Crippen molar-refractivity contribution in [1.29, 1.82) is 0 Å². The molecule has 1 aromatic heterocycles. The lowest BCUT2D eigenvalue weighted by molar-refractivity contribution is -0.140. The van der Waals surface area contributed by atoms with Crippen LogP contribution in [0.15, 0.2) is 48.3 Å². The van der Waals surface area contributed by atoms with Crippen molar-refractivity contribution in [3.05, 3.63) is 70.6 Å². The predicted octanol–water partition coefficient (Wildman–Crippen LogP) is 3.46. The van der Waals surface area contributed by atoms with Crippen LogP contribution in [-0.2, 0) is 9.59 Å². The van der Waals surface area contributed by atoms with E-state index in [1.165, 1.54) is 0 Å². The Labute approximate surface area is 177 Å². The Kier molecular flexibility index (Phi) is 6.67. The van der Waals surface area contributed by atoms with Gasteiger partial charge in [0.2, 0.25) is 0 Å². The zero-order valence-electron chi connectivity index (χ0n) is 18.1. The fourth-order valence-electron chi connectivity index (χ4n) is 3.92. The normalized spacial score (nSPS) is 18.4. The maximum Gasteiger partial charge on any atom is 0.295 e. The molecule has 30 heavy (non-hydrogen) atoms. The predicted molar refractivity (Wildman–Crippen MR) is 117 cm³/mol. The van der Waals surface area contributed by atoms with Gasteiger partial charge in [0.15, 0.2) is 0 Å². The van der Waals surface area contributed by atoms with Gasteiger partial charge in [0.05, 0.1) is 11.6 Å². The summed E-state index contributed by atoms with van der Waals surface area (Å²) in [5.41, 5.74) is 3.23. The highest BCUT2D eigenvalue weighted by molar-refractivity contribution is 6.46. The van der Waals surface area contributed by atoms with E-state index in [1.54, 1.807) is 23.4 Å². The second-order valence-electron chi connectivity index (χ2n) is 7.62. The molecule has 0 aliphatic carbocycles. The number of hydrogen-bond donors (Lipinski definition) is 1. The van der Waals surface area contributed by atoms with Gasteiger partial charge >= 0.3 is 0 Å². The van der Waals surface area contributed by atoms with E-state index in [4.69, 9.17) is 0 Å². The van der Waals surface area contributed by atoms with Gasteiger partial charge in [-0.05, 0) is 50.2 Å². The molecular formula is C24H29N3O3. The Hall–Kier alpha value is -2.99. The third-order valence-corrected chi connectivity index (χ3v) is 5.74. The first-order valence-electron chi connectivity index (χ1n) is 10.4. The summed E-state index contributed by atoms with van der Waals surface area (Å²) in [5, 5.41) is 11.2. The SMILES string of the molecule is CCN(CC)CCN1C(=O)C(=O)C(=C(O)c2cc(C)ccc2C)[C@@H]1c1cccnc1. The van der Waals surface area contributed by atoms with Crippen LogP contribution in [0.25, 0.3) is 5.76 Å². The van der Waals surface area contributed by atoms with Crippen molar-refractivity contribution in [1.82, 2.24) is 14.8 Å². The summed E-state index contributed by atoms with van der Waals surface area (Å²) in [6, 6.07) is 8.65. The van der Waals surface area contributed by atoms with Gasteiger partial charge in [0.1, 0.15) is 5.76 Å². The molecule has 3 rings (SSSR count). The molecule has 1 aliphatic rings. The van der Waals surface area contributed by atoms with Gasteiger partial charge in [-0.3, -0.25) is 14.6 Å². The van der Waals surface area contributed by atoms with Gasteiger partial charge in [0.25, 0.3) is 11.7 Å². The molecule has 1 N–H and O–H groups in total. The molecule has 6 heteroatoms. The number of carbonyl (C=O) groups is 2. The second kappa shape index (κ2) is 9.22. The number of pyridine rings is 1. The molecule has 1 atom stereocenters. The largest absolute Gasteiger partial charge is 0.507 e. The number of carbonyl (C=O) groups excluding carboxylic acids is 2. The maximum atomic E-state index is 13.1. The zero-order valence-corrected chi connectivity index (χ0v) is 18.1.